The summed E-state index contributed by atoms with van der Waals surface area (Å²) in [7, 11) is 0. The third-order valence-electron chi connectivity index (χ3n) is 5.50. The Kier molecular flexibility index (Phi) is 5.84. The Bertz CT molecular complexity index is 1330. The lowest BCUT2D eigenvalue weighted by Gasteiger charge is -2.35. The molecule has 5 rings (SSSR count). The topological polar surface area (TPSA) is 111 Å². The molecule has 0 radical (unpaired) electrons. The van der Waals surface area contributed by atoms with E-state index in [0.717, 1.165) is 0 Å². The van der Waals surface area contributed by atoms with E-state index in [4.69, 9.17) is 9.15 Å². The molecule has 0 atom stereocenters. The standard InChI is InChI=1S/C22H18F4N6O3/c23-15-2-1-5-27-19(15)20-16(10-32(31-20)13-6-14(7-13)34-11-22(24,25)26)30-21(33)18-4-3-17(35-18)12-8-28-29-9-12/h1-5,8-10,13-14H,6-7,11H2,(H,28,29)(H,30,33)/t13-,14-. The first-order valence-corrected chi connectivity index (χ1v) is 10.6. The Balaban J connectivity index is 1.36. The number of ether oxygens (including phenoxy) is 1. The zero-order valence-corrected chi connectivity index (χ0v) is 17.9. The van der Waals surface area contributed by atoms with E-state index in [1.807, 2.05) is 0 Å². The molecule has 0 bridgehead atoms. The summed E-state index contributed by atoms with van der Waals surface area (Å²) in [5.41, 5.74) is 0.830. The Morgan fingerprint density at radius 3 is 2.80 bits per heavy atom. The van der Waals surface area contributed by atoms with E-state index in [2.05, 4.69) is 25.6 Å². The molecule has 35 heavy (non-hydrogen) atoms. The van der Waals surface area contributed by atoms with Crippen LogP contribution in [0.5, 0.6) is 0 Å². The van der Waals surface area contributed by atoms with Gasteiger partial charge in [0.05, 0.1) is 29.6 Å². The Hall–Kier alpha value is -4.00. The van der Waals surface area contributed by atoms with Gasteiger partial charge in [0.15, 0.2) is 11.6 Å². The van der Waals surface area contributed by atoms with Gasteiger partial charge >= 0.3 is 6.18 Å². The minimum absolute atomic E-state index is 0.00523. The molecule has 13 heteroatoms. The van der Waals surface area contributed by atoms with Crippen LogP contribution in [0.2, 0.25) is 0 Å². The van der Waals surface area contributed by atoms with Crippen LogP contribution in [0.3, 0.4) is 0 Å². The van der Waals surface area contributed by atoms with Gasteiger partial charge in [0.25, 0.3) is 5.91 Å². The van der Waals surface area contributed by atoms with E-state index in [1.54, 1.807) is 12.3 Å². The first-order chi connectivity index (χ1) is 16.8. The maximum absolute atomic E-state index is 14.5. The van der Waals surface area contributed by atoms with Crippen LogP contribution in [-0.4, -0.2) is 49.8 Å². The monoisotopic (exact) mass is 490 g/mol. The molecule has 1 saturated carbocycles. The highest BCUT2D eigenvalue weighted by atomic mass is 19.4. The summed E-state index contributed by atoms with van der Waals surface area (Å²) in [5, 5.41) is 13.5. The molecule has 4 heterocycles. The summed E-state index contributed by atoms with van der Waals surface area (Å²) in [6.45, 7) is -1.32. The van der Waals surface area contributed by atoms with Crippen LogP contribution in [-0.2, 0) is 4.74 Å². The molecule has 2 N–H and O–H groups in total. The van der Waals surface area contributed by atoms with Crippen LogP contribution in [0.15, 0.2) is 53.5 Å². The molecule has 1 fully saturated rings. The van der Waals surface area contributed by atoms with Crippen molar-refractivity contribution in [2.45, 2.75) is 31.2 Å². The maximum atomic E-state index is 14.5. The van der Waals surface area contributed by atoms with Gasteiger partial charge in [0, 0.05) is 18.6 Å². The van der Waals surface area contributed by atoms with Crippen LogP contribution in [0, 0.1) is 5.82 Å². The average molecular weight is 490 g/mol. The fourth-order valence-electron chi connectivity index (χ4n) is 3.69. The number of nitrogens with zero attached hydrogens (tertiary/aromatic N) is 4. The number of rotatable bonds is 7. The number of nitrogens with one attached hydrogen (secondary N) is 2. The molecule has 0 spiro atoms. The Labute approximate surface area is 195 Å². The van der Waals surface area contributed by atoms with E-state index < -0.39 is 30.6 Å². The van der Waals surface area contributed by atoms with Gasteiger partial charge in [-0.25, -0.2) is 4.39 Å². The van der Waals surface area contributed by atoms with E-state index in [-0.39, 0.29) is 28.9 Å². The van der Waals surface area contributed by atoms with Crippen molar-refractivity contribution in [3.63, 3.8) is 0 Å². The van der Waals surface area contributed by atoms with Gasteiger partial charge in [-0.2, -0.15) is 23.4 Å². The van der Waals surface area contributed by atoms with Gasteiger partial charge in [-0.05, 0) is 37.1 Å². The van der Waals surface area contributed by atoms with Crippen molar-refractivity contribution in [2.24, 2.45) is 0 Å². The van der Waals surface area contributed by atoms with E-state index in [9.17, 15) is 22.4 Å². The molecule has 4 aromatic heterocycles. The predicted molar refractivity (Wildman–Crippen MR) is 114 cm³/mol. The zero-order chi connectivity index (χ0) is 24.6. The van der Waals surface area contributed by atoms with Crippen LogP contribution in [0.4, 0.5) is 23.2 Å². The zero-order valence-electron chi connectivity index (χ0n) is 17.9. The van der Waals surface area contributed by atoms with Gasteiger partial charge in [-0.1, -0.05) is 0 Å². The average Bonchev–Trinajstić information content (AvgIpc) is 3.53. The second-order valence-electron chi connectivity index (χ2n) is 7.98. The van der Waals surface area contributed by atoms with Gasteiger partial charge in [0.1, 0.15) is 23.8 Å². The first-order valence-electron chi connectivity index (χ1n) is 10.6. The normalized spacial score (nSPS) is 17.8. The second-order valence-corrected chi connectivity index (χ2v) is 7.98. The molecule has 0 unspecified atom stereocenters. The van der Waals surface area contributed by atoms with Gasteiger partial charge in [-0.15, -0.1) is 0 Å². The Morgan fingerprint density at radius 2 is 2.09 bits per heavy atom. The highest BCUT2D eigenvalue weighted by molar-refractivity contribution is 6.04. The summed E-state index contributed by atoms with van der Waals surface area (Å²) in [4.78, 5) is 16.9. The van der Waals surface area contributed by atoms with Crippen molar-refractivity contribution in [1.82, 2.24) is 25.0 Å². The highest BCUT2D eigenvalue weighted by Gasteiger charge is 2.37. The fraction of sp³-hybridized carbons (Fsp3) is 0.273. The SMILES string of the molecule is O=C(Nc1cn([C@H]2C[C@H](OCC(F)(F)F)C2)nc1-c1ncccc1F)c1ccc(-c2cn[nH]c2)o1. The summed E-state index contributed by atoms with van der Waals surface area (Å²) in [6, 6.07) is 5.44. The number of aromatic amines is 1. The third kappa shape index (κ3) is 4.94. The first kappa shape index (κ1) is 22.8. The minimum atomic E-state index is -4.40. The van der Waals surface area contributed by atoms with Crippen molar-refractivity contribution in [3.8, 4) is 22.7 Å². The lowest BCUT2D eigenvalue weighted by atomic mass is 9.89. The van der Waals surface area contributed by atoms with Gasteiger partial charge < -0.3 is 14.5 Å². The number of amides is 1. The molecule has 9 nitrogen and oxygen atoms in total. The van der Waals surface area contributed by atoms with Crippen molar-refractivity contribution < 1.29 is 31.5 Å². The summed E-state index contributed by atoms with van der Waals surface area (Å²) < 4.78 is 63.6. The maximum Gasteiger partial charge on any atom is 0.411 e. The summed E-state index contributed by atoms with van der Waals surface area (Å²) >= 11 is 0. The number of carbonyl (C=O) groups excluding carboxylic acids is 1. The molecular formula is C22H18F4N6O3. The number of aromatic nitrogens is 5. The molecule has 182 valence electrons. The van der Waals surface area contributed by atoms with Crippen molar-refractivity contribution in [2.75, 3.05) is 11.9 Å². The summed E-state index contributed by atoms with van der Waals surface area (Å²) in [6.07, 6.45) is 1.64. The number of pyridine rings is 1. The molecular weight excluding hydrogens is 472 g/mol. The van der Waals surface area contributed by atoms with E-state index >= 15 is 0 Å². The molecule has 0 aromatic carbocycles. The number of alkyl halides is 3. The number of anilines is 1. The van der Waals surface area contributed by atoms with Crippen LogP contribution in [0.1, 0.15) is 29.4 Å². The summed E-state index contributed by atoms with van der Waals surface area (Å²) in [5.74, 6) is -0.814. The van der Waals surface area contributed by atoms with Gasteiger partial charge in [0.2, 0.25) is 0 Å². The fourth-order valence-corrected chi connectivity index (χ4v) is 3.69. The number of furan rings is 1. The van der Waals surface area contributed by atoms with Crippen molar-refractivity contribution >= 4 is 11.6 Å². The minimum Gasteiger partial charge on any atom is -0.451 e. The number of hydrogen-bond acceptors (Lipinski definition) is 6. The molecule has 0 aliphatic heterocycles. The number of halogens is 4. The number of hydrogen-bond donors (Lipinski definition) is 2. The van der Waals surface area contributed by atoms with E-state index in [1.165, 1.54) is 41.5 Å². The van der Waals surface area contributed by atoms with E-state index in [0.29, 0.717) is 24.2 Å². The molecule has 4 aromatic rings. The lowest BCUT2D eigenvalue weighted by Crippen LogP contribution is -2.36. The van der Waals surface area contributed by atoms with Crippen molar-refractivity contribution in [1.29, 1.82) is 0 Å². The smallest absolute Gasteiger partial charge is 0.411 e. The molecule has 1 aliphatic carbocycles. The quantitative estimate of drug-likeness (QED) is 0.366. The second kappa shape index (κ2) is 8.98. The predicted octanol–water partition coefficient (Wildman–Crippen LogP) is 4.60. The lowest BCUT2D eigenvalue weighted by molar-refractivity contribution is -0.196. The number of carbonyl (C=O) groups is 1. The van der Waals surface area contributed by atoms with Crippen molar-refractivity contribution in [3.05, 3.63) is 60.6 Å². The number of H-pyrrole nitrogens is 1. The van der Waals surface area contributed by atoms with Crippen LogP contribution in [0.25, 0.3) is 22.7 Å². The Morgan fingerprint density at radius 1 is 1.26 bits per heavy atom. The molecule has 1 amide bonds. The highest BCUT2D eigenvalue weighted by Crippen LogP contribution is 2.38. The molecule has 1 aliphatic rings. The van der Waals surface area contributed by atoms with Crippen LogP contribution >= 0.6 is 0 Å². The van der Waals surface area contributed by atoms with Gasteiger partial charge in [-0.3, -0.25) is 19.6 Å². The van der Waals surface area contributed by atoms with Crippen LogP contribution < -0.4 is 5.32 Å². The third-order valence-corrected chi connectivity index (χ3v) is 5.50. The largest absolute Gasteiger partial charge is 0.451 e. The molecule has 0 saturated heterocycles.